The molecule has 0 amide bonds. The second kappa shape index (κ2) is 6.88. The Morgan fingerprint density at radius 2 is 2.00 bits per heavy atom. The van der Waals surface area contributed by atoms with E-state index in [1.165, 1.54) is 51.6 Å². The lowest BCUT2D eigenvalue weighted by Crippen LogP contribution is -2.41. The fourth-order valence-corrected chi connectivity index (χ4v) is 3.30. The Kier molecular flexibility index (Phi) is 5.46. The average molecular weight is 254 g/mol. The monoisotopic (exact) mass is 254 g/mol. The first-order valence-electron chi connectivity index (χ1n) is 7.65. The first-order valence-corrected chi connectivity index (χ1v) is 7.65. The minimum absolute atomic E-state index is 0.528. The fraction of sp³-hybridized carbons (Fsp3) is 1.00. The van der Waals surface area contributed by atoms with Gasteiger partial charge in [-0.1, -0.05) is 12.8 Å². The maximum absolute atomic E-state index is 5.73. The zero-order chi connectivity index (χ0) is 12.8. The molecule has 0 aliphatic heterocycles. The van der Waals surface area contributed by atoms with Crippen LogP contribution in [0.2, 0.25) is 0 Å². The highest BCUT2D eigenvalue weighted by molar-refractivity contribution is 4.88. The number of nitrogens with zero attached hydrogens (tertiary/aromatic N) is 1. The summed E-state index contributed by atoms with van der Waals surface area (Å²) >= 11 is 0. The third-order valence-electron chi connectivity index (χ3n) is 4.49. The number of rotatable bonds is 9. The van der Waals surface area contributed by atoms with Gasteiger partial charge in [-0.2, -0.15) is 0 Å². The molecule has 2 aliphatic rings. The Morgan fingerprint density at radius 3 is 2.61 bits per heavy atom. The molecule has 18 heavy (non-hydrogen) atoms. The molecule has 2 rings (SSSR count). The Bertz CT molecular complexity index is 235. The quantitative estimate of drug-likeness (QED) is 0.638. The predicted molar refractivity (Wildman–Crippen MR) is 75.9 cm³/mol. The molecular weight excluding hydrogens is 224 g/mol. The van der Waals surface area contributed by atoms with Gasteiger partial charge in [0.1, 0.15) is 0 Å². The van der Waals surface area contributed by atoms with Crippen molar-refractivity contribution >= 4 is 0 Å². The molecule has 0 spiro atoms. The zero-order valence-electron chi connectivity index (χ0n) is 12.2. The molecule has 2 fully saturated rings. The van der Waals surface area contributed by atoms with E-state index in [1.807, 2.05) is 0 Å². The van der Waals surface area contributed by atoms with Gasteiger partial charge in [-0.15, -0.1) is 0 Å². The number of hydrogen-bond acceptors (Lipinski definition) is 3. The molecule has 0 aromatic heterocycles. The van der Waals surface area contributed by atoms with Crippen LogP contribution in [-0.4, -0.2) is 51.8 Å². The summed E-state index contributed by atoms with van der Waals surface area (Å²) < 4.78 is 5.73. The molecule has 3 heteroatoms. The van der Waals surface area contributed by atoms with E-state index in [2.05, 4.69) is 24.3 Å². The number of hydrogen-bond donors (Lipinski definition) is 1. The molecule has 1 N–H and O–H groups in total. The van der Waals surface area contributed by atoms with Crippen molar-refractivity contribution in [1.82, 2.24) is 10.2 Å². The molecule has 0 saturated heterocycles. The second-order valence-corrected chi connectivity index (χ2v) is 6.49. The van der Waals surface area contributed by atoms with Gasteiger partial charge in [0, 0.05) is 26.2 Å². The lowest BCUT2D eigenvalue weighted by Gasteiger charge is -2.33. The third-order valence-corrected chi connectivity index (χ3v) is 4.49. The summed E-state index contributed by atoms with van der Waals surface area (Å²) in [6.45, 7) is 5.37. The van der Waals surface area contributed by atoms with Crippen LogP contribution in [0.3, 0.4) is 0 Å². The van der Waals surface area contributed by atoms with Crippen LogP contribution in [0.25, 0.3) is 0 Å². The Labute approximate surface area is 112 Å². The van der Waals surface area contributed by atoms with E-state index in [0.29, 0.717) is 5.41 Å². The van der Waals surface area contributed by atoms with Crippen LogP contribution in [0, 0.1) is 11.3 Å². The summed E-state index contributed by atoms with van der Waals surface area (Å²) in [6, 6.07) is 0. The van der Waals surface area contributed by atoms with Crippen molar-refractivity contribution < 1.29 is 4.74 Å². The largest absolute Gasteiger partial charge is 0.380 e. The van der Waals surface area contributed by atoms with Crippen LogP contribution in [0.15, 0.2) is 0 Å². The van der Waals surface area contributed by atoms with Crippen molar-refractivity contribution in [2.45, 2.75) is 38.5 Å². The highest BCUT2D eigenvalue weighted by Crippen LogP contribution is 2.38. The first-order chi connectivity index (χ1) is 8.74. The maximum atomic E-state index is 5.73. The van der Waals surface area contributed by atoms with Gasteiger partial charge in [0.2, 0.25) is 0 Å². The van der Waals surface area contributed by atoms with E-state index < -0.39 is 0 Å². The third kappa shape index (κ3) is 4.52. The molecule has 0 atom stereocenters. The molecule has 3 nitrogen and oxygen atoms in total. The molecular formula is C15H30N2O. The summed E-state index contributed by atoms with van der Waals surface area (Å²) in [7, 11) is 4.33. The highest BCUT2D eigenvalue weighted by Gasteiger charge is 2.34. The van der Waals surface area contributed by atoms with Crippen molar-refractivity contribution in [3.8, 4) is 0 Å². The summed E-state index contributed by atoms with van der Waals surface area (Å²) in [5, 5.41) is 3.39. The molecule has 2 aliphatic carbocycles. The summed E-state index contributed by atoms with van der Waals surface area (Å²) in [5.41, 5.74) is 0.528. The van der Waals surface area contributed by atoms with Gasteiger partial charge in [0.15, 0.2) is 0 Å². The van der Waals surface area contributed by atoms with E-state index >= 15 is 0 Å². The number of ether oxygens (including phenoxy) is 1. The van der Waals surface area contributed by atoms with E-state index in [0.717, 1.165) is 25.7 Å². The van der Waals surface area contributed by atoms with Crippen LogP contribution in [-0.2, 0) is 4.74 Å². The average Bonchev–Trinajstić information content (AvgIpc) is 3.06. The van der Waals surface area contributed by atoms with Crippen molar-refractivity contribution in [3.05, 3.63) is 0 Å². The van der Waals surface area contributed by atoms with Crippen LogP contribution in [0.4, 0.5) is 0 Å². The zero-order valence-corrected chi connectivity index (χ0v) is 12.2. The molecule has 0 aromatic rings. The molecule has 0 heterocycles. The second-order valence-electron chi connectivity index (χ2n) is 6.49. The van der Waals surface area contributed by atoms with Gasteiger partial charge >= 0.3 is 0 Å². The van der Waals surface area contributed by atoms with Crippen LogP contribution in [0.5, 0.6) is 0 Å². The van der Waals surface area contributed by atoms with E-state index in [9.17, 15) is 0 Å². The van der Waals surface area contributed by atoms with E-state index in [1.54, 1.807) is 0 Å². The molecule has 0 bridgehead atoms. The summed E-state index contributed by atoms with van der Waals surface area (Å²) in [6.07, 6.45) is 8.38. The van der Waals surface area contributed by atoms with Crippen molar-refractivity contribution in [2.24, 2.45) is 11.3 Å². The Morgan fingerprint density at radius 1 is 1.28 bits per heavy atom. The normalized spacial score (nSPS) is 22.8. The van der Waals surface area contributed by atoms with Gasteiger partial charge < -0.3 is 15.0 Å². The summed E-state index contributed by atoms with van der Waals surface area (Å²) in [4.78, 5) is 2.47. The van der Waals surface area contributed by atoms with Gasteiger partial charge in [-0.25, -0.2) is 0 Å². The fourth-order valence-electron chi connectivity index (χ4n) is 3.30. The smallest absolute Gasteiger partial charge is 0.0593 e. The van der Waals surface area contributed by atoms with Gasteiger partial charge in [0.25, 0.3) is 0 Å². The highest BCUT2D eigenvalue weighted by atomic mass is 16.5. The predicted octanol–water partition coefficient (Wildman–Crippen LogP) is 2.12. The number of likely N-dealkylation sites (N-methyl/N-ethyl adjacent to an activating group) is 1. The van der Waals surface area contributed by atoms with Crippen LogP contribution in [0.1, 0.15) is 38.5 Å². The molecule has 2 saturated carbocycles. The summed E-state index contributed by atoms with van der Waals surface area (Å²) in [5.74, 6) is 0.890. The van der Waals surface area contributed by atoms with E-state index in [-0.39, 0.29) is 0 Å². The topological polar surface area (TPSA) is 24.5 Å². The lowest BCUT2D eigenvalue weighted by atomic mass is 9.85. The first kappa shape index (κ1) is 14.3. The lowest BCUT2D eigenvalue weighted by molar-refractivity contribution is 0.0871. The van der Waals surface area contributed by atoms with Gasteiger partial charge in [-0.05, 0) is 51.1 Å². The van der Waals surface area contributed by atoms with Crippen LogP contribution >= 0.6 is 0 Å². The van der Waals surface area contributed by atoms with Gasteiger partial charge in [-0.3, -0.25) is 0 Å². The maximum Gasteiger partial charge on any atom is 0.0593 e. The standard InChI is InChI=1S/C15H30N2O/c1-16-12-15(7-3-4-8-15)13-17(2)9-10-18-11-14-5-6-14/h14,16H,3-13H2,1-2H3. The SMILES string of the molecule is CNCC1(CN(C)CCOCC2CC2)CCCC1. The van der Waals surface area contributed by atoms with Crippen LogP contribution < -0.4 is 5.32 Å². The Balaban J connectivity index is 1.62. The molecule has 0 aromatic carbocycles. The Hall–Kier alpha value is -0.120. The minimum Gasteiger partial charge on any atom is -0.380 e. The molecule has 106 valence electrons. The number of nitrogens with one attached hydrogen (secondary N) is 1. The van der Waals surface area contributed by atoms with Crippen molar-refractivity contribution in [3.63, 3.8) is 0 Å². The van der Waals surface area contributed by atoms with Crippen molar-refractivity contribution in [1.29, 1.82) is 0 Å². The van der Waals surface area contributed by atoms with Gasteiger partial charge in [0.05, 0.1) is 6.61 Å². The molecule has 0 unspecified atom stereocenters. The van der Waals surface area contributed by atoms with E-state index in [4.69, 9.17) is 4.74 Å². The molecule has 0 radical (unpaired) electrons. The van der Waals surface area contributed by atoms with Crippen molar-refractivity contribution in [2.75, 3.05) is 46.9 Å². The minimum atomic E-state index is 0.528.